The Labute approximate surface area is 137 Å². The number of alkyl carbamates (subject to hydrolysis) is 1. The van der Waals surface area contributed by atoms with Crippen molar-refractivity contribution in [3.05, 3.63) is 35.9 Å². The summed E-state index contributed by atoms with van der Waals surface area (Å²) in [6.07, 6.45) is -0.900. The van der Waals surface area contributed by atoms with Gasteiger partial charge in [0.05, 0.1) is 6.61 Å². The quantitative estimate of drug-likeness (QED) is 0.873. The molecule has 6 heteroatoms. The van der Waals surface area contributed by atoms with Gasteiger partial charge >= 0.3 is 12.2 Å². The normalized spacial score (nSPS) is 10.8. The van der Waals surface area contributed by atoms with E-state index < -0.39 is 17.8 Å². The number of nitrogens with one attached hydrogen (secondary N) is 1. The molecule has 0 aliphatic heterocycles. The Bertz CT molecular complexity index is 497. The highest BCUT2D eigenvalue weighted by Gasteiger charge is 2.18. The molecule has 0 radical (unpaired) electrons. The van der Waals surface area contributed by atoms with Crippen LogP contribution >= 0.6 is 0 Å². The Morgan fingerprint density at radius 1 is 1.17 bits per heavy atom. The van der Waals surface area contributed by atoms with Crippen LogP contribution < -0.4 is 5.32 Å². The molecule has 2 amide bonds. The molecule has 0 aliphatic carbocycles. The second-order valence-corrected chi connectivity index (χ2v) is 6.03. The summed E-state index contributed by atoms with van der Waals surface area (Å²) in [7, 11) is 0. The van der Waals surface area contributed by atoms with Gasteiger partial charge in [0.15, 0.2) is 0 Å². The van der Waals surface area contributed by atoms with Gasteiger partial charge in [-0.1, -0.05) is 30.3 Å². The summed E-state index contributed by atoms with van der Waals surface area (Å²) in [4.78, 5) is 25.2. The summed E-state index contributed by atoms with van der Waals surface area (Å²) in [5.41, 5.74) is 0.451. The Morgan fingerprint density at radius 2 is 1.83 bits per heavy atom. The number of ether oxygens (including phenoxy) is 2. The summed E-state index contributed by atoms with van der Waals surface area (Å²) in [6, 6.07) is 9.62. The molecule has 0 fully saturated rings. The largest absolute Gasteiger partial charge is 0.450 e. The number of nitrogens with zero attached hydrogens (tertiary/aromatic N) is 1. The van der Waals surface area contributed by atoms with E-state index in [-0.39, 0.29) is 0 Å². The van der Waals surface area contributed by atoms with Gasteiger partial charge in [-0.15, -0.1) is 0 Å². The molecular formula is C17H26N2O4. The van der Waals surface area contributed by atoms with Crippen LogP contribution in [0.4, 0.5) is 9.59 Å². The van der Waals surface area contributed by atoms with E-state index in [4.69, 9.17) is 9.47 Å². The molecule has 128 valence electrons. The Hall–Kier alpha value is -2.24. The number of hydrogen-bond acceptors (Lipinski definition) is 4. The van der Waals surface area contributed by atoms with Gasteiger partial charge in [-0.3, -0.25) is 0 Å². The molecular weight excluding hydrogens is 296 g/mol. The van der Waals surface area contributed by atoms with Crippen LogP contribution in [0.15, 0.2) is 30.3 Å². The summed E-state index contributed by atoms with van der Waals surface area (Å²) in [6.45, 7) is 8.52. The van der Waals surface area contributed by atoms with E-state index in [1.807, 2.05) is 30.3 Å². The van der Waals surface area contributed by atoms with E-state index in [0.29, 0.717) is 26.2 Å². The molecule has 0 atom stereocenters. The fourth-order valence-electron chi connectivity index (χ4n) is 1.86. The third-order valence-corrected chi connectivity index (χ3v) is 2.79. The fourth-order valence-corrected chi connectivity index (χ4v) is 1.86. The molecule has 1 aromatic carbocycles. The molecule has 0 saturated carbocycles. The predicted octanol–water partition coefficient (Wildman–Crippen LogP) is 3.17. The van der Waals surface area contributed by atoms with E-state index >= 15 is 0 Å². The lowest BCUT2D eigenvalue weighted by Crippen LogP contribution is -2.40. The zero-order valence-electron chi connectivity index (χ0n) is 14.3. The molecule has 0 unspecified atom stereocenters. The molecule has 0 saturated heterocycles. The highest BCUT2D eigenvalue weighted by atomic mass is 16.6. The molecule has 1 rings (SSSR count). The number of amides is 2. The predicted molar refractivity (Wildman–Crippen MR) is 88.1 cm³/mol. The van der Waals surface area contributed by atoms with Crippen LogP contribution in [0.25, 0.3) is 0 Å². The second-order valence-electron chi connectivity index (χ2n) is 6.03. The lowest BCUT2D eigenvalue weighted by molar-refractivity contribution is 0.0516. The monoisotopic (exact) mass is 322 g/mol. The van der Waals surface area contributed by atoms with Crippen molar-refractivity contribution in [1.29, 1.82) is 0 Å². The van der Waals surface area contributed by atoms with Crippen molar-refractivity contribution >= 4 is 12.2 Å². The van der Waals surface area contributed by atoms with Gasteiger partial charge in [-0.2, -0.15) is 0 Å². The Balaban J connectivity index is 2.53. The molecule has 1 aromatic rings. The molecule has 0 bridgehead atoms. The van der Waals surface area contributed by atoms with Gasteiger partial charge in [-0.05, 0) is 33.3 Å². The van der Waals surface area contributed by atoms with Crippen molar-refractivity contribution in [2.45, 2.75) is 39.8 Å². The van der Waals surface area contributed by atoms with Gasteiger partial charge in [0.25, 0.3) is 0 Å². The van der Waals surface area contributed by atoms with Crippen LogP contribution in [0.2, 0.25) is 0 Å². The zero-order chi connectivity index (χ0) is 17.3. The number of rotatable bonds is 6. The van der Waals surface area contributed by atoms with Gasteiger partial charge in [0.2, 0.25) is 0 Å². The Kier molecular flexibility index (Phi) is 7.38. The van der Waals surface area contributed by atoms with Gasteiger partial charge in [-0.25, -0.2) is 9.59 Å². The molecule has 23 heavy (non-hydrogen) atoms. The molecule has 1 N–H and O–H groups in total. The van der Waals surface area contributed by atoms with Gasteiger partial charge in [0, 0.05) is 19.6 Å². The maximum Gasteiger partial charge on any atom is 0.410 e. The van der Waals surface area contributed by atoms with E-state index in [9.17, 15) is 9.59 Å². The van der Waals surface area contributed by atoms with E-state index in [1.54, 1.807) is 32.6 Å². The Morgan fingerprint density at radius 3 is 2.39 bits per heavy atom. The van der Waals surface area contributed by atoms with Crippen molar-refractivity contribution in [3.63, 3.8) is 0 Å². The van der Waals surface area contributed by atoms with Gasteiger partial charge in [0.1, 0.15) is 5.60 Å². The third-order valence-electron chi connectivity index (χ3n) is 2.79. The minimum atomic E-state index is -0.547. The topological polar surface area (TPSA) is 67.9 Å². The standard InChI is InChI=1S/C17H26N2O4/c1-5-22-16(21)19(13-14-9-7-6-8-10-14)12-11-18-15(20)23-17(2,3)4/h6-10H,5,11-13H2,1-4H3,(H,18,20). The summed E-state index contributed by atoms with van der Waals surface area (Å²) < 4.78 is 10.2. The zero-order valence-corrected chi connectivity index (χ0v) is 14.3. The highest BCUT2D eigenvalue weighted by molar-refractivity contribution is 5.69. The first-order valence-corrected chi connectivity index (χ1v) is 7.74. The fraction of sp³-hybridized carbons (Fsp3) is 0.529. The maximum absolute atomic E-state index is 12.0. The van der Waals surface area contributed by atoms with Crippen LogP contribution in [0.3, 0.4) is 0 Å². The number of hydrogen-bond donors (Lipinski definition) is 1. The smallest absolute Gasteiger partial charge is 0.410 e. The number of benzene rings is 1. The van der Waals surface area contributed by atoms with E-state index in [2.05, 4.69) is 5.32 Å². The summed E-state index contributed by atoms with van der Waals surface area (Å²) in [5, 5.41) is 2.64. The maximum atomic E-state index is 12.0. The van der Waals surface area contributed by atoms with Crippen molar-refractivity contribution in [2.75, 3.05) is 19.7 Å². The first-order valence-electron chi connectivity index (χ1n) is 7.74. The molecule has 0 heterocycles. The van der Waals surface area contributed by atoms with Crippen molar-refractivity contribution in [3.8, 4) is 0 Å². The average molecular weight is 322 g/mol. The number of carbonyl (C=O) groups is 2. The van der Waals surface area contributed by atoms with Gasteiger partial charge < -0.3 is 19.7 Å². The molecule has 6 nitrogen and oxygen atoms in total. The average Bonchev–Trinajstić information content (AvgIpc) is 2.45. The van der Waals surface area contributed by atoms with Crippen molar-refractivity contribution in [2.24, 2.45) is 0 Å². The SMILES string of the molecule is CCOC(=O)N(CCNC(=O)OC(C)(C)C)Cc1ccccc1. The first kappa shape index (κ1) is 18.8. The molecule has 0 aromatic heterocycles. The van der Waals surface area contributed by atoms with E-state index in [0.717, 1.165) is 5.56 Å². The van der Waals surface area contributed by atoms with E-state index in [1.165, 1.54) is 0 Å². The first-order chi connectivity index (χ1) is 10.8. The van der Waals surface area contributed by atoms with Crippen LogP contribution in [0, 0.1) is 0 Å². The number of carbonyl (C=O) groups excluding carboxylic acids is 2. The molecule has 0 aliphatic rings. The lowest BCUT2D eigenvalue weighted by Gasteiger charge is -2.23. The van der Waals surface area contributed by atoms with Crippen molar-refractivity contribution in [1.82, 2.24) is 10.2 Å². The summed E-state index contributed by atoms with van der Waals surface area (Å²) >= 11 is 0. The lowest BCUT2D eigenvalue weighted by atomic mass is 10.2. The highest BCUT2D eigenvalue weighted by Crippen LogP contribution is 2.07. The van der Waals surface area contributed by atoms with Crippen molar-refractivity contribution < 1.29 is 19.1 Å². The third kappa shape index (κ3) is 8.09. The minimum absolute atomic E-state index is 0.292. The minimum Gasteiger partial charge on any atom is -0.450 e. The molecule has 0 spiro atoms. The van der Waals surface area contributed by atoms with Crippen LogP contribution in [-0.4, -0.2) is 42.4 Å². The summed E-state index contributed by atoms with van der Waals surface area (Å²) in [5.74, 6) is 0. The second kappa shape index (κ2) is 9.02. The van der Waals surface area contributed by atoms with Crippen LogP contribution in [0.5, 0.6) is 0 Å². The van der Waals surface area contributed by atoms with Crippen LogP contribution in [0.1, 0.15) is 33.3 Å². The van der Waals surface area contributed by atoms with Crippen LogP contribution in [-0.2, 0) is 16.0 Å².